The maximum Gasteiger partial charge on any atom is 0.257 e. The molecule has 1 saturated heterocycles. The maximum absolute atomic E-state index is 12.6. The third-order valence-electron chi connectivity index (χ3n) is 4.40. The van der Waals surface area contributed by atoms with Crippen LogP contribution in [0.3, 0.4) is 0 Å². The van der Waals surface area contributed by atoms with Crippen LogP contribution in [0.2, 0.25) is 0 Å². The second-order valence-electron chi connectivity index (χ2n) is 6.14. The van der Waals surface area contributed by atoms with Gasteiger partial charge in [-0.3, -0.25) is 4.79 Å². The van der Waals surface area contributed by atoms with E-state index < -0.39 is 0 Å². The van der Waals surface area contributed by atoms with Gasteiger partial charge in [0.15, 0.2) is 0 Å². The lowest BCUT2D eigenvalue weighted by Gasteiger charge is -2.29. The molecule has 3 heterocycles. The first-order chi connectivity index (χ1) is 13.7. The molecule has 1 N–H and O–H groups in total. The van der Waals surface area contributed by atoms with E-state index in [-0.39, 0.29) is 12.5 Å². The average Bonchev–Trinajstić information content (AvgIpc) is 3.44. The molecule has 1 fully saturated rings. The molecule has 0 radical (unpaired) electrons. The fourth-order valence-electron chi connectivity index (χ4n) is 2.96. The fourth-order valence-corrected chi connectivity index (χ4v) is 3.61. The summed E-state index contributed by atoms with van der Waals surface area (Å²) in [6.45, 7) is 3.17. The van der Waals surface area contributed by atoms with E-state index in [0.29, 0.717) is 36.3 Å². The Bertz CT molecular complexity index is 935. The fraction of sp³-hybridized carbons (Fsp3) is 0.316. The molecule has 0 unspecified atom stereocenters. The highest BCUT2D eigenvalue weighted by Gasteiger charge is 2.18. The van der Waals surface area contributed by atoms with Gasteiger partial charge in [-0.15, -0.1) is 21.5 Å². The molecule has 0 atom stereocenters. The second-order valence-corrected chi connectivity index (χ2v) is 7.09. The molecule has 0 saturated carbocycles. The van der Waals surface area contributed by atoms with E-state index in [0.717, 1.165) is 23.7 Å². The number of hydrogen-bond acceptors (Lipinski definition) is 8. The van der Waals surface area contributed by atoms with Gasteiger partial charge in [-0.2, -0.15) is 0 Å². The molecule has 2 aromatic heterocycles. The summed E-state index contributed by atoms with van der Waals surface area (Å²) < 4.78 is 16.4. The van der Waals surface area contributed by atoms with Crippen LogP contribution in [0.15, 0.2) is 40.1 Å². The van der Waals surface area contributed by atoms with Crippen LogP contribution in [0.4, 0.5) is 5.69 Å². The van der Waals surface area contributed by atoms with Gasteiger partial charge in [0.2, 0.25) is 5.89 Å². The molecule has 4 rings (SSSR count). The molecule has 9 heteroatoms. The van der Waals surface area contributed by atoms with Gasteiger partial charge in [0.1, 0.15) is 5.75 Å². The normalized spacial score (nSPS) is 14.1. The van der Waals surface area contributed by atoms with Crippen molar-refractivity contribution in [2.75, 3.05) is 38.3 Å². The third-order valence-corrected chi connectivity index (χ3v) is 5.26. The highest BCUT2D eigenvalue weighted by molar-refractivity contribution is 7.13. The number of carbonyl (C=O) groups is 1. The molecular formula is C19H20N4O4S. The van der Waals surface area contributed by atoms with E-state index in [9.17, 15) is 4.79 Å². The number of aromatic nitrogens is 2. The molecule has 28 heavy (non-hydrogen) atoms. The number of thiophene rings is 1. The van der Waals surface area contributed by atoms with Gasteiger partial charge < -0.3 is 24.1 Å². The molecule has 8 nitrogen and oxygen atoms in total. The van der Waals surface area contributed by atoms with Crippen LogP contribution in [0.1, 0.15) is 16.2 Å². The number of ether oxygens (including phenoxy) is 2. The Hall–Kier alpha value is -2.91. The minimum absolute atomic E-state index is 0.144. The Kier molecular flexibility index (Phi) is 5.54. The van der Waals surface area contributed by atoms with Gasteiger partial charge in [0, 0.05) is 24.8 Å². The first-order valence-corrected chi connectivity index (χ1v) is 9.78. The number of nitrogens with one attached hydrogen (secondary N) is 1. The summed E-state index contributed by atoms with van der Waals surface area (Å²) >= 11 is 1.52. The predicted molar refractivity (Wildman–Crippen MR) is 105 cm³/mol. The summed E-state index contributed by atoms with van der Waals surface area (Å²) in [6.07, 6.45) is 0. The number of anilines is 1. The highest BCUT2D eigenvalue weighted by Crippen LogP contribution is 2.27. The minimum atomic E-state index is -0.263. The van der Waals surface area contributed by atoms with Crippen molar-refractivity contribution in [2.45, 2.75) is 6.54 Å². The molecule has 0 bridgehead atoms. The van der Waals surface area contributed by atoms with Crippen LogP contribution in [0, 0.1) is 0 Å². The van der Waals surface area contributed by atoms with E-state index in [1.165, 1.54) is 11.3 Å². The zero-order chi connectivity index (χ0) is 19.3. The summed E-state index contributed by atoms with van der Waals surface area (Å²) in [5.41, 5.74) is 1.46. The Labute approximate surface area is 166 Å². The van der Waals surface area contributed by atoms with Crippen molar-refractivity contribution in [3.8, 4) is 16.5 Å². The van der Waals surface area contributed by atoms with Crippen molar-refractivity contribution >= 4 is 22.9 Å². The lowest BCUT2D eigenvalue weighted by atomic mass is 10.1. The van der Waals surface area contributed by atoms with Gasteiger partial charge >= 0.3 is 0 Å². The first-order valence-electron chi connectivity index (χ1n) is 8.90. The largest absolute Gasteiger partial charge is 0.496 e. The molecule has 146 valence electrons. The van der Waals surface area contributed by atoms with Crippen molar-refractivity contribution in [3.05, 3.63) is 47.2 Å². The van der Waals surface area contributed by atoms with Crippen LogP contribution in [-0.4, -0.2) is 49.5 Å². The minimum Gasteiger partial charge on any atom is -0.496 e. The molecule has 1 aliphatic rings. The Morgan fingerprint density at radius 1 is 1.29 bits per heavy atom. The number of benzene rings is 1. The quantitative estimate of drug-likeness (QED) is 0.680. The number of hydrogen-bond donors (Lipinski definition) is 1. The number of rotatable bonds is 6. The van der Waals surface area contributed by atoms with Crippen LogP contribution in [0.25, 0.3) is 10.8 Å². The van der Waals surface area contributed by atoms with E-state index in [1.807, 2.05) is 29.6 Å². The number of methoxy groups -OCH3 is 1. The second kappa shape index (κ2) is 8.41. The predicted octanol–water partition coefficient (Wildman–Crippen LogP) is 2.57. The number of morpholine rings is 1. The van der Waals surface area contributed by atoms with E-state index in [2.05, 4.69) is 20.4 Å². The molecule has 1 aromatic carbocycles. The van der Waals surface area contributed by atoms with Gasteiger partial charge in [0.25, 0.3) is 11.8 Å². The van der Waals surface area contributed by atoms with Crippen LogP contribution < -0.4 is 15.0 Å². The third kappa shape index (κ3) is 4.00. The summed E-state index contributed by atoms with van der Waals surface area (Å²) in [5.74, 6) is 1.06. The summed E-state index contributed by atoms with van der Waals surface area (Å²) in [4.78, 5) is 15.7. The van der Waals surface area contributed by atoms with Gasteiger partial charge in [-0.25, -0.2) is 0 Å². The lowest BCUT2D eigenvalue weighted by Crippen LogP contribution is -2.36. The SMILES string of the molecule is COc1cc(N2CCOCC2)ccc1C(=O)NCc1nnc(-c2cccs2)o1. The monoisotopic (exact) mass is 400 g/mol. The summed E-state index contributed by atoms with van der Waals surface area (Å²) in [5, 5.41) is 12.7. The van der Waals surface area contributed by atoms with E-state index >= 15 is 0 Å². The number of nitrogens with zero attached hydrogens (tertiary/aromatic N) is 3. The molecule has 1 amide bonds. The summed E-state index contributed by atoms with van der Waals surface area (Å²) in [7, 11) is 1.56. The molecule has 0 aliphatic carbocycles. The van der Waals surface area contributed by atoms with Crippen LogP contribution in [-0.2, 0) is 11.3 Å². The van der Waals surface area contributed by atoms with Crippen molar-refractivity contribution in [2.24, 2.45) is 0 Å². The van der Waals surface area contributed by atoms with Crippen LogP contribution in [0.5, 0.6) is 5.75 Å². The van der Waals surface area contributed by atoms with Gasteiger partial charge in [0.05, 0.1) is 37.3 Å². The van der Waals surface area contributed by atoms with E-state index in [1.54, 1.807) is 13.2 Å². The molecule has 3 aromatic rings. The maximum atomic E-state index is 12.6. The van der Waals surface area contributed by atoms with Crippen molar-refractivity contribution < 1.29 is 18.7 Å². The zero-order valence-electron chi connectivity index (χ0n) is 15.4. The topological polar surface area (TPSA) is 89.7 Å². The standard InChI is InChI=1S/C19H20N4O4S/c1-25-15-11-13(23-6-8-26-9-7-23)4-5-14(15)18(24)20-12-17-21-22-19(27-17)16-3-2-10-28-16/h2-5,10-11H,6-9,12H2,1H3,(H,20,24). The van der Waals surface area contributed by atoms with Crippen molar-refractivity contribution in [1.29, 1.82) is 0 Å². The van der Waals surface area contributed by atoms with Crippen molar-refractivity contribution in [1.82, 2.24) is 15.5 Å². The number of amides is 1. The Morgan fingerprint density at radius 3 is 2.89 bits per heavy atom. The smallest absolute Gasteiger partial charge is 0.257 e. The van der Waals surface area contributed by atoms with E-state index in [4.69, 9.17) is 13.9 Å². The Balaban J connectivity index is 1.42. The average molecular weight is 400 g/mol. The highest BCUT2D eigenvalue weighted by atomic mass is 32.1. The molecule has 0 spiro atoms. The van der Waals surface area contributed by atoms with Gasteiger partial charge in [-0.1, -0.05) is 6.07 Å². The van der Waals surface area contributed by atoms with Crippen LogP contribution >= 0.6 is 11.3 Å². The van der Waals surface area contributed by atoms with Crippen molar-refractivity contribution in [3.63, 3.8) is 0 Å². The zero-order valence-corrected chi connectivity index (χ0v) is 16.2. The Morgan fingerprint density at radius 2 is 2.14 bits per heavy atom. The summed E-state index contributed by atoms with van der Waals surface area (Å²) in [6, 6.07) is 9.38. The number of carbonyl (C=O) groups excluding carboxylic acids is 1. The molecular weight excluding hydrogens is 380 g/mol. The van der Waals surface area contributed by atoms with Gasteiger partial charge in [-0.05, 0) is 23.6 Å². The molecule has 1 aliphatic heterocycles. The first kappa shape index (κ1) is 18.5. The lowest BCUT2D eigenvalue weighted by molar-refractivity contribution is 0.0944.